The Labute approximate surface area is 140 Å². The van der Waals surface area contributed by atoms with Gasteiger partial charge in [-0.1, -0.05) is 6.07 Å². The molecule has 0 bridgehead atoms. The highest BCUT2D eigenvalue weighted by Crippen LogP contribution is 2.34. The van der Waals surface area contributed by atoms with Crippen molar-refractivity contribution in [1.29, 1.82) is 0 Å². The number of aromatic nitrogens is 3. The van der Waals surface area contributed by atoms with Gasteiger partial charge in [-0.2, -0.15) is 10.1 Å². The molecule has 0 saturated heterocycles. The summed E-state index contributed by atoms with van der Waals surface area (Å²) in [7, 11) is 0. The lowest BCUT2D eigenvalue weighted by atomic mass is 10.3. The molecule has 4 rings (SSSR count). The maximum atomic E-state index is 13.7. The maximum Gasteiger partial charge on any atom is 0.249 e. The molecule has 25 heavy (non-hydrogen) atoms. The lowest BCUT2D eigenvalue weighted by Gasteiger charge is -2.09. The predicted molar refractivity (Wildman–Crippen MR) is 85.3 cm³/mol. The highest BCUT2D eigenvalue weighted by atomic mass is 19.1. The van der Waals surface area contributed by atoms with Crippen LogP contribution in [0.3, 0.4) is 0 Å². The van der Waals surface area contributed by atoms with Crippen molar-refractivity contribution < 1.29 is 18.3 Å². The second kappa shape index (κ2) is 6.19. The van der Waals surface area contributed by atoms with Crippen molar-refractivity contribution in [2.45, 2.75) is 0 Å². The van der Waals surface area contributed by atoms with E-state index in [1.54, 1.807) is 18.2 Å². The number of halogens is 2. The summed E-state index contributed by atoms with van der Waals surface area (Å²) in [5.74, 6) is 0.0753. The zero-order chi connectivity index (χ0) is 17.2. The number of rotatable bonds is 4. The van der Waals surface area contributed by atoms with Crippen LogP contribution in [0.25, 0.3) is 0 Å². The lowest BCUT2D eigenvalue weighted by Crippen LogP contribution is -2.04. The molecule has 0 unspecified atom stereocenters. The number of benzene rings is 2. The zero-order valence-electron chi connectivity index (χ0n) is 12.7. The van der Waals surface area contributed by atoms with Gasteiger partial charge >= 0.3 is 0 Å². The van der Waals surface area contributed by atoms with Crippen LogP contribution in [0.2, 0.25) is 0 Å². The molecule has 1 aromatic heterocycles. The van der Waals surface area contributed by atoms with Gasteiger partial charge in [-0.3, -0.25) is 0 Å². The van der Waals surface area contributed by atoms with Gasteiger partial charge in [-0.05, 0) is 24.3 Å². The summed E-state index contributed by atoms with van der Waals surface area (Å²) in [5.41, 5.74) is 0.345. The summed E-state index contributed by atoms with van der Waals surface area (Å²) in [5, 5.41) is 13.1. The third-order valence-electron chi connectivity index (χ3n) is 3.40. The minimum atomic E-state index is -0.733. The topological polar surface area (TPSA) is 81.2 Å². The molecule has 7 nitrogen and oxygen atoms in total. The Hall–Kier alpha value is -3.49. The number of hydrogen-bond acceptors (Lipinski definition) is 7. The summed E-state index contributed by atoms with van der Waals surface area (Å²) in [6.45, 7) is 0.171. The third kappa shape index (κ3) is 3.11. The van der Waals surface area contributed by atoms with Crippen LogP contribution in [0, 0.1) is 11.6 Å². The number of nitrogens with one attached hydrogen (secondary N) is 2. The van der Waals surface area contributed by atoms with Crippen LogP contribution in [0.4, 0.5) is 31.9 Å². The van der Waals surface area contributed by atoms with Crippen molar-refractivity contribution in [2.75, 3.05) is 17.4 Å². The third-order valence-corrected chi connectivity index (χ3v) is 3.40. The maximum absolute atomic E-state index is 13.7. The van der Waals surface area contributed by atoms with E-state index in [2.05, 4.69) is 25.8 Å². The van der Waals surface area contributed by atoms with E-state index >= 15 is 0 Å². The van der Waals surface area contributed by atoms with E-state index in [1.807, 2.05) is 0 Å². The van der Waals surface area contributed by atoms with Crippen LogP contribution in [0.15, 0.2) is 42.6 Å². The Bertz CT molecular complexity index is 918. The molecule has 0 radical (unpaired) electrons. The lowest BCUT2D eigenvalue weighted by molar-refractivity contribution is 0.174. The highest BCUT2D eigenvalue weighted by molar-refractivity contribution is 5.62. The zero-order valence-corrected chi connectivity index (χ0v) is 12.7. The summed E-state index contributed by atoms with van der Waals surface area (Å²) in [4.78, 5) is 4.14. The number of nitrogens with zero attached hydrogens (tertiary/aromatic N) is 3. The van der Waals surface area contributed by atoms with Crippen LogP contribution in [0.1, 0.15) is 0 Å². The summed E-state index contributed by atoms with van der Waals surface area (Å²) in [6, 6.07) is 8.79. The Balaban J connectivity index is 1.55. The second-order valence-electron chi connectivity index (χ2n) is 5.08. The van der Waals surface area contributed by atoms with E-state index in [9.17, 15) is 8.78 Å². The van der Waals surface area contributed by atoms with Crippen molar-refractivity contribution in [3.8, 4) is 11.5 Å². The molecular weight excluding hydrogens is 332 g/mol. The molecule has 1 aliphatic heterocycles. The van der Waals surface area contributed by atoms with Crippen LogP contribution < -0.4 is 20.1 Å². The van der Waals surface area contributed by atoms with Crippen molar-refractivity contribution in [1.82, 2.24) is 15.2 Å². The van der Waals surface area contributed by atoms with Gasteiger partial charge in [0.05, 0.1) is 6.20 Å². The molecule has 2 N–H and O–H groups in total. The molecule has 0 saturated carbocycles. The molecule has 3 aromatic rings. The Kier molecular flexibility index (Phi) is 3.73. The van der Waals surface area contributed by atoms with Gasteiger partial charge in [0, 0.05) is 11.8 Å². The van der Waals surface area contributed by atoms with Crippen LogP contribution in [-0.2, 0) is 0 Å². The highest BCUT2D eigenvalue weighted by Gasteiger charge is 2.14. The normalized spacial score (nSPS) is 12.1. The number of fused-ring (bicyclic) bond motifs is 1. The van der Waals surface area contributed by atoms with Gasteiger partial charge in [0.25, 0.3) is 0 Å². The van der Waals surface area contributed by atoms with Crippen molar-refractivity contribution in [2.24, 2.45) is 0 Å². The van der Waals surface area contributed by atoms with E-state index < -0.39 is 11.6 Å². The fraction of sp³-hybridized carbons (Fsp3) is 0.0625. The van der Waals surface area contributed by atoms with E-state index in [-0.39, 0.29) is 24.2 Å². The quantitative estimate of drug-likeness (QED) is 0.752. The first kappa shape index (κ1) is 15.1. The largest absolute Gasteiger partial charge is 0.454 e. The SMILES string of the molecule is Fc1cccc(F)c1Nc1cnnc(Nc2ccc3c(c2)OCO3)n1. The fourth-order valence-corrected chi connectivity index (χ4v) is 2.27. The van der Waals surface area contributed by atoms with E-state index in [1.165, 1.54) is 12.3 Å². The molecule has 2 heterocycles. The van der Waals surface area contributed by atoms with E-state index in [0.717, 1.165) is 12.1 Å². The molecular formula is C16H11F2N5O2. The first-order chi connectivity index (χ1) is 12.2. The van der Waals surface area contributed by atoms with E-state index in [4.69, 9.17) is 9.47 Å². The fourth-order valence-electron chi connectivity index (χ4n) is 2.27. The molecule has 0 fully saturated rings. The Morgan fingerprint density at radius 1 is 0.960 bits per heavy atom. The average molecular weight is 343 g/mol. The van der Waals surface area contributed by atoms with E-state index in [0.29, 0.717) is 17.2 Å². The smallest absolute Gasteiger partial charge is 0.249 e. The van der Waals surface area contributed by atoms with Crippen molar-refractivity contribution in [3.05, 3.63) is 54.2 Å². The van der Waals surface area contributed by atoms with Gasteiger partial charge in [0.2, 0.25) is 12.7 Å². The molecule has 1 aliphatic rings. The summed E-state index contributed by atoms with van der Waals surface area (Å²) >= 11 is 0. The number of anilines is 4. The minimum absolute atomic E-state index is 0.141. The number of hydrogen-bond donors (Lipinski definition) is 2. The Morgan fingerprint density at radius 2 is 1.76 bits per heavy atom. The monoisotopic (exact) mass is 343 g/mol. The first-order valence-electron chi connectivity index (χ1n) is 7.26. The molecule has 9 heteroatoms. The number of ether oxygens (including phenoxy) is 2. The number of para-hydroxylation sites is 1. The first-order valence-corrected chi connectivity index (χ1v) is 7.26. The second-order valence-corrected chi connectivity index (χ2v) is 5.08. The minimum Gasteiger partial charge on any atom is -0.454 e. The van der Waals surface area contributed by atoms with Crippen molar-refractivity contribution in [3.63, 3.8) is 0 Å². The predicted octanol–water partition coefficient (Wildman–Crippen LogP) is 3.37. The van der Waals surface area contributed by atoms with Crippen LogP contribution >= 0.6 is 0 Å². The molecule has 0 spiro atoms. The molecule has 0 atom stereocenters. The van der Waals surface area contributed by atoms with Crippen LogP contribution in [-0.4, -0.2) is 22.0 Å². The van der Waals surface area contributed by atoms with Gasteiger partial charge in [0.1, 0.15) is 17.3 Å². The van der Waals surface area contributed by atoms with Gasteiger partial charge in [-0.15, -0.1) is 5.10 Å². The summed E-state index contributed by atoms with van der Waals surface area (Å²) in [6.07, 6.45) is 1.26. The van der Waals surface area contributed by atoms with Crippen molar-refractivity contribution >= 4 is 23.1 Å². The molecule has 2 aromatic carbocycles. The van der Waals surface area contributed by atoms with Gasteiger partial charge < -0.3 is 20.1 Å². The van der Waals surface area contributed by atoms with Gasteiger partial charge in [0.15, 0.2) is 17.3 Å². The standard InChI is InChI=1S/C16H11F2N5O2/c17-10-2-1-3-11(18)15(10)21-14-7-19-23-16(22-14)20-9-4-5-12-13(6-9)25-8-24-12/h1-7H,8H2,(H2,20,21,22,23). The summed E-state index contributed by atoms with van der Waals surface area (Å²) < 4.78 is 37.9. The molecule has 126 valence electrons. The Morgan fingerprint density at radius 3 is 2.60 bits per heavy atom. The molecule has 0 amide bonds. The van der Waals surface area contributed by atoms with Crippen LogP contribution in [0.5, 0.6) is 11.5 Å². The molecule has 0 aliphatic carbocycles. The van der Waals surface area contributed by atoms with Gasteiger partial charge in [-0.25, -0.2) is 8.78 Å². The average Bonchev–Trinajstić information content (AvgIpc) is 3.06.